The van der Waals surface area contributed by atoms with Gasteiger partial charge in [0.05, 0.1) is 10.4 Å². The van der Waals surface area contributed by atoms with Crippen molar-refractivity contribution in [1.82, 2.24) is 15.6 Å². The fourth-order valence-electron chi connectivity index (χ4n) is 3.41. The smallest absolute Gasteiger partial charge is 0.263 e. The molecule has 1 aromatic carbocycles. The van der Waals surface area contributed by atoms with Crippen LogP contribution in [0.4, 0.5) is 16.5 Å². The number of carbonyl (C=O) groups is 2. The summed E-state index contributed by atoms with van der Waals surface area (Å²) >= 11 is 7.59. The van der Waals surface area contributed by atoms with Gasteiger partial charge in [-0.3, -0.25) is 20.2 Å². The van der Waals surface area contributed by atoms with Crippen LogP contribution in [0, 0.1) is 0 Å². The van der Waals surface area contributed by atoms with Gasteiger partial charge in [-0.25, -0.2) is 4.98 Å². The van der Waals surface area contributed by atoms with E-state index in [-0.39, 0.29) is 10.7 Å². The molecule has 5 rings (SSSR count). The number of benzene rings is 1. The van der Waals surface area contributed by atoms with Crippen LogP contribution in [0.15, 0.2) is 46.1 Å². The number of anilines is 1. The Balaban J connectivity index is 1.30. The second-order valence-electron chi connectivity index (χ2n) is 7.02. The molecule has 3 aromatic rings. The van der Waals surface area contributed by atoms with E-state index in [4.69, 9.17) is 12.2 Å². The lowest BCUT2D eigenvalue weighted by molar-refractivity contribution is -0.123. The summed E-state index contributed by atoms with van der Waals surface area (Å²) in [4.78, 5) is 32.3. The van der Waals surface area contributed by atoms with Gasteiger partial charge in [0.15, 0.2) is 5.11 Å². The van der Waals surface area contributed by atoms with Crippen LogP contribution in [-0.4, -0.2) is 35.0 Å². The van der Waals surface area contributed by atoms with Crippen molar-refractivity contribution in [2.24, 2.45) is 10.2 Å². The van der Waals surface area contributed by atoms with Gasteiger partial charge in [-0.15, -0.1) is 21.6 Å². The molecule has 2 aromatic heterocycles. The van der Waals surface area contributed by atoms with E-state index in [1.54, 1.807) is 0 Å². The maximum Gasteiger partial charge on any atom is 0.263 e. The number of hydrogen-bond donors (Lipinski definition) is 2. The highest BCUT2D eigenvalue weighted by molar-refractivity contribution is 7.80. The van der Waals surface area contributed by atoms with Crippen molar-refractivity contribution in [2.45, 2.75) is 12.8 Å². The van der Waals surface area contributed by atoms with E-state index in [0.29, 0.717) is 5.13 Å². The van der Waals surface area contributed by atoms with Crippen LogP contribution in [0.5, 0.6) is 0 Å². The van der Waals surface area contributed by atoms with E-state index < -0.39 is 11.8 Å². The summed E-state index contributed by atoms with van der Waals surface area (Å²) in [6.07, 6.45) is 4.03. The van der Waals surface area contributed by atoms with Crippen molar-refractivity contribution in [1.29, 1.82) is 0 Å². The third kappa shape index (κ3) is 4.24. The summed E-state index contributed by atoms with van der Waals surface area (Å²) in [5.41, 5.74) is 2.01. The second-order valence-corrected chi connectivity index (χ2v) is 9.50. The summed E-state index contributed by atoms with van der Waals surface area (Å²) in [5.74, 6) is -1.02. The maximum atomic E-state index is 12.0. The van der Waals surface area contributed by atoms with Crippen LogP contribution in [0.2, 0.25) is 0 Å². The molecule has 2 saturated heterocycles. The van der Waals surface area contributed by atoms with E-state index in [1.807, 2.05) is 18.2 Å². The third-order valence-electron chi connectivity index (χ3n) is 4.90. The van der Waals surface area contributed by atoms with Crippen LogP contribution >= 0.6 is 34.9 Å². The largest absolute Gasteiger partial charge is 0.372 e. The van der Waals surface area contributed by atoms with Crippen LogP contribution in [0.25, 0.3) is 15.6 Å². The number of amides is 2. The van der Waals surface area contributed by atoms with Gasteiger partial charge in [-0.05, 0) is 61.5 Å². The molecular formula is C20H16N6O2S3. The highest BCUT2D eigenvalue weighted by Gasteiger charge is 2.26. The average molecular weight is 469 g/mol. The van der Waals surface area contributed by atoms with Crippen LogP contribution in [-0.2, 0) is 9.59 Å². The highest BCUT2D eigenvalue weighted by atomic mass is 32.1. The fourth-order valence-corrected chi connectivity index (χ4v) is 5.58. The van der Waals surface area contributed by atoms with Gasteiger partial charge in [0.1, 0.15) is 10.4 Å². The van der Waals surface area contributed by atoms with Crippen molar-refractivity contribution in [3.05, 3.63) is 40.8 Å². The lowest BCUT2D eigenvalue weighted by Gasteiger charge is -2.17. The number of thiazole rings is 1. The Labute approximate surface area is 190 Å². The van der Waals surface area contributed by atoms with Crippen LogP contribution in [0.1, 0.15) is 17.7 Å². The van der Waals surface area contributed by atoms with Gasteiger partial charge in [-0.2, -0.15) is 0 Å². The molecule has 0 saturated carbocycles. The molecule has 2 N–H and O–H groups in total. The first-order chi connectivity index (χ1) is 15.0. The molecule has 2 aliphatic rings. The highest BCUT2D eigenvalue weighted by Crippen LogP contribution is 2.36. The Bertz CT molecular complexity index is 1200. The molecule has 0 spiro atoms. The maximum absolute atomic E-state index is 12.0. The van der Waals surface area contributed by atoms with E-state index in [9.17, 15) is 9.59 Å². The number of azo groups is 1. The van der Waals surface area contributed by atoms with Gasteiger partial charge in [0, 0.05) is 23.7 Å². The summed E-state index contributed by atoms with van der Waals surface area (Å²) in [6, 6.07) is 9.95. The predicted octanol–water partition coefficient (Wildman–Crippen LogP) is 4.29. The molecule has 156 valence electrons. The minimum Gasteiger partial charge on any atom is -0.372 e. The summed E-state index contributed by atoms with van der Waals surface area (Å²) < 4.78 is 0.919. The molecule has 0 unspecified atom stereocenters. The average Bonchev–Trinajstić information content (AvgIpc) is 3.46. The minimum absolute atomic E-state index is 0.0137. The topological polar surface area (TPSA) is 99.0 Å². The van der Waals surface area contributed by atoms with Gasteiger partial charge in [-0.1, -0.05) is 11.3 Å². The molecule has 11 heteroatoms. The van der Waals surface area contributed by atoms with Crippen LogP contribution < -0.4 is 15.5 Å². The first-order valence-electron chi connectivity index (χ1n) is 9.61. The number of fused-ring (bicyclic) bond motifs is 1. The van der Waals surface area contributed by atoms with Gasteiger partial charge < -0.3 is 4.90 Å². The van der Waals surface area contributed by atoms with Crippen molar-refractivity contribution >= 4 is 83.9 Å². The molecule has 0 aliphatic carbocycles. The third-order valence-corrected chi connectivity index (χ3v) is 7.09. The normalized spacial score (nSPS) is 17.0. The lowest BCUT2D eigenvalue weighted by atomic mass is 10.2. The first-order valence-corrected chi connectivity index (χ1v) is 11.6. The Hall–Kier alpha value is -3.02. The Morgan fingerprint density at radius 2 is 1.74 bits per heavy atom. The second kappa shape index (κ2) is 8.25. The number of thiocarbonyl (C=S) groups is 1. The van der Waals surface area contributed by atoms with Crippen LogP contribution in [0.3, 0.4) is 0 Å². The predicted molar refractivity (Wildman–Crippen MR) is 126 cm³/mol. The van der Waals surface area contributed by atoms with Gasteiger partial charge in [0.2, 0.25) is 5.13 Å². The number of thiophene rings is 1. The van der Waals surface area contributed by atoms with E-state index in [1.165, 1.54) is 47.3 Å². The molecule has 0 radical (unpaired) electrons. The number of nitrogens with zero attached hydrogens (tertiary/aromatic N) is 4. The minimum atomic E-state index is -0.510. The van der Waals surface area contributed by atoms with Gasteiger partial charge >= 0.3 is 0 Å². The fraction of sp³-hybridized carbons (Fsp3) is 0.200. The zero-order valence-corrected chi connectivity index (χ0v) is 18.6. The molecule has 31 heavy (non-hydrogen) atoms. The summed E-state index contributed by atoms with van der Waals surface area (Å²) in [5, 5.41) is 14.0. The molecule has 2 amide bonds. The van der Waals surface area contributed by atoms with Crippen molar-refractivity contribution < 1.29 is 9.59 Å². The van der Waals surface area contributed by atoms with Gasteiger partial charge in [0.25, 0.3) is 11.8 Å². The number of rotatable bonds is 4. The van der Waals surface area contributed by atoms with E-state index >= 15 is 0 Å². The van der Waals surface area contributed by atoms with Crippen molar-refractivity contribution in [2.75, 3.05) is 18.0 Å². The monoisotopic (exact) mass is 468 g/mol. The molecule has 2 aliphatic heterocycles. The number of hydrogen-bond acceptors (Lipinski definition) is 9. The Morgan fingerprint density at radius 1 is 1.03 bits per heavy atom. The molecule has 0 bridgehead atoms. The van der Waals surface area contributed by atoms with E-state index in [0.717, 1.165) is 33.2 Å². The number of nitrogens with one attached hydrogen (secondary N) is 2. The Morgan fingerprint density at radius 3 is 2.42 bits per heavy atom. The lowest BCUT2D eigenvalue weighted by Crippen LogP contribution is -2.51. The summed E-state index contributed by atoms with van der Waals surface area (Å²) in [7, 11) is 0. The quantitative estimate of drug-likeness (QED) is 0.258. The molecule has 2 fully saturated rings. The number of carbonyl (C=O) groups excluding carboxylic acids is 2. The molecule has 0 atom stereocenters. The zero-order chi connectivity index (χ0) is 21.4. The SMILES string of the molecule is O=C1NC(=S)NC(=O)C1=Cc1cc2sc(N=Nc3ccc(N4CCCC4)cc3)nc2s1. The number of aromatic nitrogens is 1. The van der Waals surface area contributed by atoms with Crippen molar-refractivity contribution in [3.8, 4) is 0 Å². The van der Waals surface area contributed by atoms with E-state index in [2.05, 4.69) is 42.9 Å². The zero-order valence-electron chi connectivity index (χ0n) is 16.1. The summed E-state index contributed by atoms with van der Waals surface area (Å²) in [6.45, 7) is 2.22. The molecule has 8 nitrogen and oxygen atoms in total. The Kier molecular flexibility index (Phi) is 5.30. The van der Waals surface area contributed by atoms with Crippen molar-refractivity contribution in [3.63, 3.8) is 0 Å². The molecule has 4 heterocycles. The molecular weight excluding hydrogens is 452 g/mol. The standard InChI is InChI=1S/C20H16N6O2S3/c27-16-14(17(28)22-19(29)21-16)9-13-10-15-18(30-13)23-20(31-15)25-24-11-3-5-12(6-4-11)26-7-1-2-8-26/h3-6,9-10H,1-2,7-8H2,(H2,21,22,27,28,29). The first kappa shape index (κ1) is 19.9.